The lowest BCUT2D eigenvalue weighted by atomic mass is 9.83. The van der Waals surface area contributed by atoms with Crippen molar-refractivity contribution < 1.29 is 14.0 Å². The minimum atomic E-state index is -2.25. The Labute approximate surface area is 218 Å². The summed E-state index contributed by atoms with van der Waals surface area (Å²) in [6, 6.07) is 21.6. The van der Waals surface area contributed by atoms with Gasteiger partial charge < -0.3 is 14.5 Å². The van der Waals surface area contributed by atoms with Gasteiger partial charge in [0.25, 0.3) is 0 Å². The van der Waals surface area contributed by atoms with Gasteiger partial charge in [-0.1, -0.05) is 81.4 Å². The van der Waals surface area contributed by atoms with Gasteiger partial charge in [-0.05, 0) is 63.7 Å². The summed E-state index contributed by atoms with van der Waals surface area (Å²) in [5.74, 6) is 0. The first kappa shape index (κ1) is 27.1. The van der Waals surface area contributed by atoms with Crippen LogP contribution in [0, 0.1) is 0 Å². The number of halogens is 1. The van der Waals surface area contributed by atoms with E-state index >= 15 is 0 Å². The Morgan fingerprint density at radius 1 is 1.00 bits per heavy atom. The van der Waals surface area contributed by atoms with Crippen molar-refractivity contribution in [3.63, 3.8) is 0 Å². The van der Waals surface area contributed by atoms with Crippen molar-refractivity contribution in [2.75, 3.05) is 0 Å². The molecular weight excluding hydrogens is 520 g/mol. The quantitative estimate of drug-likeness (QED) is 0.289. The van der Waals surface area contributed by atoms with E-state index in [-0.39, 0.29) is 11.6 Å². The molecule has 0 bridgehead atoms. The number of hydrogen-bond donors (Lipinski definition) is 1. The lowest BCUT2D eigenvalue weighted by Gasteiger charge is -2.46. The second-order valence-corrected chi connectivity index (χ2v) is 16.1. The van der Waals surface area contributed by atoms with Gasteiger partial charge in [0.1, 0.15) is 6.61 Å². The molecule has 0 aliphatic heterocycles. The smallest absolute Gasteiger partial charge is 0.408 e. The summed E-state index contributed by atoms with van der Waals surface area (Å²) in [6.45, 7) is 13.2. The Bertz CT molecular complexity index is 1120. The Morgan fingerprint density at radius 2 is 1.60 bits per heavy atom. The number of rotatable bonds is 8. The van der Waals surface area contributed by atoms with E-state index in [4.69, 9.17) is 9.16 Å². The first-order valence-corrected chi connectivity index (χ1v) is 15.5. The summed E-state index contributed by atoms with van der Waals surface area (Å²) >= 11 is 3.54. The van der Waals surface area contributed by atoms with Crippen LogP contribution >= 0.6 is 15.9 Å². The summed E-state index contributed by atoms with van der Waals surface area (Å²) < 4.78 is 13.5. The van der Waals surface area contributed by atoms with E-state index in [1.165, 1.54) is 0 Å². The molecule has 1 heterocycles. The highest BCUT2D eigenvalue weighted by molar-refractivity contribution is 9.10. The number of benzene rings is 2. The fourth-order valence-corrected chi connectivity index (χ4v) is 5.25. The number of nitrogens with zero attached hydrogens (tertiary/aromatic N) is 1. The molecule has 1 amide bonds. The van der Waals surface area contributed by atoms with Crippen molar-refractivity contribution in [3.05, 3.63) is 100 Å². The molecule has 2 aromatic carbocycles. The van der Waals surface area contributed by atoms with Crippen LogP contribution in [0.4, 0.5) is 4.79 Å². The van der Waals surface area contributed by atoms with Crippen LogP contribution in [-0.4, -0.2) is 19.4 Å². The van der Waals surface area contributed by atoms with Gasteiger partial charge in [-0.2, -0.15) is 0 Å². The van der Waals surface area contributed by atoms with E-state index in [2.05, 4.69) is 60.1 Å². The molecule has 186 valence electrons. The minimum absolute atomic E-state index is 0.0235. The predicted octanol–water partition coefficient (Wildman–Crippen LogP) is 7.75. The average molecular weight is 556 g/mol. The fourth-order valence-electron chi connectivity index (χ4n) is 3.57. The molecule has 0 fully saturated rings. The molecule has 7 heteroatoms. The van der Waals surface area contributed by atoms with Crippen LogP contribution < -0.4 is 5.32 Å². The molecule has 1 N–H and O–H groups in total. The van der Waals surface area contributed by atoms with Crippen molar-refractivity contribution in [2.24, 2.45) is 0 Å². The highest BCUT2D eigenvalue weighted by atomic mass is 79.9. The van der Waals surface area contributed by atoms with Crippen molar-refractivity contribution in [3.8, 4) is 0 Å². The number of ether oxygens (including phenoxy) is 1. The highest BCUT2D eigenvalue weighted by Crippen LogP contribution is 2.45. The fraction of sp³-hybridized carbons (Fsp3) is 0.357. The Hall–Kier alpha value is -2.48. The molecule has 0 radical (unpaired) electrons. The third-order valence-electron chi connectivity index (χ3n) is 6.72. The minimum Gasteiger partial charge on any atom is -0.445 e. The number of pyridine rings is 1. The maximum Gasteiger partial charge on any atom is 0.408 e. The second kappa shape index (κ2) is 11.1. The molecule has 0 saturated carbocycles. The second-order valence-electron chi connectivity index (χ2n) is 10.4. The van der Waals surface area contributed by atoms with E-state index in [0.717, 1.165) is 21.2 Å². The van der Waals surface area contributed by atoms with E-state index in [1.807, 2.05) is 73.7 Å². The molecule has 3 rings (SSSR count). The summed E-state index contributed by atoms with van der Waals surface area (Å²) in [5.41, 5.74) is 1.76. The average Bonchev–Trinajstić information content (AvgIpc) is 2.81. The van der Waals surface area contributed by atoms with Crippen LogP contribution in [0.1, 0.15) is 50.5 Å². The molecule has 5 nitrogen and oxygen atoms in total. The van der Waals surface area contributed by atoms with Crippen molar-refractivity contribution >= 4 is 30.3 Å². The zero-order valence-electron chi connectivity index (χ0n) is 21.3. The Morgan fingerprint density at radius 3 is 2.17 bits per heavy atom. The lowest BCUT2D eigenvalue weighted by molar-refractivity contribution is 0.0633. The predicted molar refractivity (Wildman–Crippen MR) is 147 cm³/mol. The third kappa shape index (κ3) is 6.81. The van der Waals surface area contributed by atoms with Crippen molar-refractivity contribution in [1.82, 2.24) is 10.3 Å². The van der Waals surface area contributed by atoms with Crippen LogP contribution in [0.3, 0.4) is 0 Å². The van der Waals surface area contributed by atoms with Gasteiger partial charge in [0.2, 0.25) is 0 Å². The van der Waals surface area contributed by atoms with Crippen LogP contribution in [-0.2, 0) is 21.3 Å². The van der Waals surface area contributed by atoms with Gasteiger partial charge in [0.05, 0.1) is 11.6 Å². The zero-order chi connectivity index (χ0) is 25.7. The molecular formula is C28H35BrN2O3Si. The topological polar surface area (TPSA) is 60.5 Å². The van der Waals surface area contributed by atoms with E-state index in [9.17, 15) is 4.79 Å². The normalized spacial score (nSPS) is 14.6. The number of aromatic nitrogens is 1. The summed E-state index contributed by atoms with van der Waals surface area (Å²) in [4.78, 5) is 17.6. The van der Waals surface area contributed by atoms with Crippen LogP contribution in [0.15, 0.2) is 83.6 Å². The van der Waals surface area contributed by atoms with Gasteiger partial charge >= 0.3 is 6.09 Å². The van der Waals surface area contributed by atoms with Crippen LogP contribution in [0.25, 0.3) is 0 Å². The van der Waals surface area contributed by atoms with Crippen LogP contribution in [0.2, 0.25) is 18.1 Å². The van der Waals surface area contributed by atoms with E-state index in [1.54, 1.807) is 12.4 Å². The summed E-state index contributed by atoms with van der Waals surface area (Å²) in [7, 11) is -2.25. The number of amides is 1. The maximum atomic E-state index is 13.2. The number of hydrogen-bond acceptors (Lipinski definition) is 4. The molecule has 35 heavy (non-hydrogen) atoms. The van der Waals surface area contributed by atoms with Crippen molar-refractivity contribution in [2.45, 2.75) is 64.1 Å². The molecule has 0 saturated heterocycles. The first-order valence-electron chi connectivity index (χ1n) is 11.7. The van der Waals surface area contributed by atoms with Gasteiger partial charge in [-0.15, -0.1) is 0 Å². The molecule has 0 spiro atoms. The standard InChI is InChI=1S/C28H35BrN2O3Si/c1-27(2,3)35(5,6)34-25(22-15-11-8-12-16-22)28(4,23-17-24(29)19-30-18-23)31-26(32)33-20-21-13-9-7-10-14-21/h7-19,25H,20H2,1-6H3,(H,31,32)/t25-,28+/m0/s1. The summed E-state index contributed by atoms with van der Waals surface area (Å²) in [5, 5.41) is 3.13. The van der Waals surface area contributed by atoms with Gasteiger partial charge in [0, 0.05) is 16.9 Å². The highest BCUT2D eigenvalue weighted by Gasteiger charge is 2.47. The molecule has 0 aliphatic carbocycles. The number of carbonyl (C=O) groups excluding carboxylic acids is 1. The Balaban J connectivity index is 2.04. The number of carbonyl (C=O) groups is 1. The van der Waals surface area contributed by atoms with E-state index in [0.29, 0.717) is 0 Å². The molecule has 1 aromatic heterocycles. The third-order valence-corrected chi connectivity index (χ3v) is 11.6. The molecule has 2 atom stereocenters. The Kier molecular flexibility index (Phi) is 8.57. The number of nitrogens with one attached hydrogen (secondary N) is 1. The maximum absolute atomic E-state index is 13.2. The van der Waals surface area contributed by atoms with Crippen molar-refractivity contribution in [1.29, 1.82) is 0 Å². The molecule has 3 aromatic rings. The van der Waals surface area contributed by atoms with Crippen LogP contribution in [0.5, 0.6) is 0 Å². The zero-order valence-corrected chi connectivity index (χ0v) is 23.9. The van der Waals surface area contributed by atoms with Gasteiger partial charge in [-0.25, -0.2) is 4.79 Å². The summed E-state index contributed by atoms with van der Waals surface area (Å²) in [6.07, 6.45) is 2.51. The van der Waals surface area contributed by atoms with E-state index < -0.39 is 26.1 Å². The largest absolute Gasteiger partial charge is 0.445 e. The molecule has 0 unspecified atom stereocenters. The monoisotopic (exact) mass is 554 g/mol. The van der Waals surface area contributed by atoms with Gasteiger partial charge in [-0.3, -0.25) is 4.98 Å². The van der Waals surface area contributed by atoms with Gasteiger partial charge in [0.15, 0.2) is 8.32 Å². The lowest BCUT2D eigenvalue weighted by Crippen LogP contribution is -2.53. The SMILES string of the molecule is CC(C)(C)[Si](C)(C)O[C@@H](c1ccccc1)[C@](C)(NC(=O)OCc1ccccc1)c1cncc(Br)c1. The molecule has 0 aliphatic rings. The number of alkyl carbamates (subject to hydrolysis) is 1. The first-order chi connectivity index (χ1) is 16.4.